The molecule has 0 unspecified atom stereocenters. The number of aromatic nitrogens is 2. The minimum absolute atomic E-state index is 0.642. The Hall–Kier alpha value is -2.88. The molecule has 4 nitrogen and oxygen atoms in total. The average Bonchev–Trinajstić information content (AvgIpc) is 2.64. The van der Waals surface area contributed by atoms with Crippen LogP contribution < -0.4 is 10.2 Å². The molecular weight excluding hydrogens is 308 g/mol. The topological polar surface area (TPSA) is 41.1 Å². The molecule has 0 spiro atoms. The Bertz CT molecular complexity index is 904. The molecular formula is C21H22N4. The third-order valence-electron chi connectivity index (χ3n) is 4.72. The van der Waals surface area contributed by atoms with E-state index in [9.17, 15) is 0 Å². The first-order valence-corrected chi connectivity index (χ1v) is 8.68. The second-order valence-corrected chi connectivity index (χ2v) is 6.62. The van der Waals surface area contributed by atoms with Gasteiger partial charge in [0.15, 0.2) is 0 Å². The molecule has 126 valence electrons. The van der Waals surface area contributed by atoms with Gasteiger partial charge in [-0.05, 0) is 49.1 Å². The van der Waals surface area contributed by atoms with Gasteiger partial charge in [-0.25, -0.2) is 4.98 Å². The van der Waals surface area contributed by atoms with Crippen LogP contribution in [0.25, 0.3) is 0 Å². The molecule has 0 amide bonds. The Morgan fingerprint density at radius 2 is 1.84 bits per heavy atom. The molecule has 0 atom stereocenters. The van der Waals surface area contributed by atoms with E-state index in [4.69, 9.17) is 4.98 Å². The molecule has 0 fully saturated rings. The first-order valence-electron chi connectivity index (χ1n) is 8.68. The lowest BCUT2D eigenvalue weighted by Crippen LogP contribution is -2.31. The number of nitrogens with one attached hydrogen (secondary N) is 1. The second kappa shape index (κ2) is 6.55. The Morgan fingerprint density at radius 3 is 2.68 bits per heavy atom. The van der Waals surface area contributed by atoms with Gasteiger partial charge in [-0.3, -0.25) is 0 Å². The first-order chi connectivity index (χ1) is 12.2. The van der Waals surface area contributed by atoms with E-state index >= 15 is 0 Å². The number of anilines is 3. The van der Waals surface area contributed by atoms with Crippen molar-refractivity contribution in [1.82, 2.24) is 9.97 Å². The molecule has 1 aliphatic heterocycles. The molecule has 25 heavy (non-hydrogen) atoms. The number of aryl methyl sites for hydroxylation is 2. The zero-order chi connectivity index (χ0) is 17.2. The Kier molecular flexibility index (Phi) is 4.10. The van der Waals surface area contributed by atoms with Crippen LogP contribution in [-0.2, 0) is 13.0 Å². The van der Waals surface area contributed by atoms with Gasteiger partial charge < -0.3 is 10.2 Å². The van der Waals surface area contributed by atoms with Gasteiger partial charge in [-0.1, -0.05) is 42.0 Å². The van der Waals surface area contributed by atoms with Crippen LogP contribution in [0.15, 0.2) is 54.7 Å². The Balaban J connectivity index is 1.56. The summed E-state index contributed by atoms with van der Waals surface area (Å²) in [6, 6.07) is 17.0. The third kappa shape index (κ3) is 3.33. The molecule has 2 aromatic carbocycles. The summed E-state index contributed by atoms with van der Waals surface area (Å²) in [5.41, 5.74) is 6.33. The number of hydrogen-bond acceptors (Lipinski definition) is 4. The van der Waals surface area contributed by atoms with E-state index in [0.717, 1.165) is 31.0 Å². The number of fused-ring (bicyclic) bond motifs is 1. The third-order valence-corrected chi connectivity index (χ3v) is 4.72. The zero-order valence-corrected chi connectivity index (χ0v) is 14.7. The lowest BCUT2D eigenvalue weighted by Gasteiger charge is -2.29. The van der Waals surface area contributed by atoms with Crippen molar-refractivity contribution in [3.8, 4) is 0 Å². The summed E-state index contributed by atoms with van der Waals surface area (Å²) in [5.74, 6) is 1.61. The van der Waals surface area contributed by atoms with E-state index in [1.807, 2.05) is 12.3 Å². The summed E-state index contributed by atoms with van der Waals surface area (Å²) in [4.78, 5) is 11.4. The maximum atomic E-state index is 4.73. The zero-order valence-electron chi connectivity index (χ0n) is 14.7. The van der Waals surface area contributed by atoms with Crippen LogP contribution in [0.1, 0.15) is 22.3 Å². The highest BCUT2D eigenvalue weighted by Gasteiger charge is 2.17. The van der Waals surface area contributed by atoms with Crippen LogP contribution in [0.4, 0.5) is 17.5 Å². The SMILES string of the molecule is Cc1ccc(Nc2nccc(N3CCc4ccccc4C3)n2)c(C)c1. The van der Waals surface area contributed by atoms with Crippen LogP contribution in [0.2, 0.25) is 0 Å². The van der Waals surface area contributed by atoms with Crippen molar-refractivity contribution in [1.29, 1.82) is 0 Å². The van der Waals surface area contributed by atoms with Crippen molar-refractivity contribution in [2.75, 3.05) is 16.8 Å². The highest BCUT2D eigenvalue weighted by Crippen LogP contribution is 2.25. The quantitative estimate of drug-likeness (QED) is 0.773. The summed E-state index contributed by atoms with van der Waals surface area (Å²) >= 11 is 0. The van der Waals surface area contributed by atoms with Gasteiger partial charge in [-0.2, -0.15) is 4.98 Å². The van der Waals surface area contributed by atoms with E-state index in [1.54, 1.807) is 0 Å². The van der Waals surface area contributed by atoms with Crippen molar-refractivity contribution >= 4 is 17.5 Å². The van der Waals surface area contributed by atoms with Gasteiger partial charge >= 0.3 is 0 Å². The molecule has 0 saturated heterocycles. The van der Waals surface area contributed by atoms with Crippen molar-refractivity contribution < 1.29 is 0 Å². The summed E-state index contributed by atoms with van der Waals surface area (Å²) in [7, 11) is 0. The molecule has 2 heterocycles. The largest absolute Gasteiger partial charge is 0.352 e. The fourth-order valence-electron chi connectivity index (χ4n) is 3.35. The van der Waals surface area contributed by atoms with Crippen LogP contribution in [0, 0.1) is 13.8 Å². The summed E-state index contributed by atoms with van der Waals surface area (Å²) in [5, 5.41) is 3.35. The summed E-state index contributed by atoms with van der Waals surface area (Å²) in [6.45, 7) is 6.08. The van der Waals surface area contributed by atoms with Crippen LogP contribution in [-0.4, -0.2) is 16.5 Å². The molecule has 0 saturated carbocycles. The van der Waals surface area contributed by atoms with Gasteiger partial charge in [0, 0.05) is 25.0 Å². The van der Waals surface area contributed by atoms with E-state index in [-0.39, 0.29) is 0 Å². The van der Waals surface area contributed by atoms with Gasteiger partial charge in [0.2, 0.25) is 5.95 Å². The highest BCUT2D eigenvalue weighted by atomic mass is 15.2. The van der Waals surface area contributed by atoms with E-state index < -0.39 is 0 Å². The van der Waals surface area contributed by atoms with Crippen molar-refractivity contribution in [2.24, 2.45) is 0 Å². The molecule has 4 rings (SSSR count). The predicted octanol–water partition coefficient (Wildman–Crippen LogP) is 4.40. The first kappa shape index (κ1) is 15.6. The predicted molar refractivity (Wildman–Crippen MR) is 102 cm³/mol. The molecule has 4 heteroatoms. The molecule has 1 N–H and O–H groups in total. The number of rotatable bonds is 3. The minimum atomic E-state index is 0.642. The summed E-state index contributed by atoms with van der Waals surface area (Å²) in [6.07, 6.45) is 2.88. The van der Waals surface area contributed by atoms with E-state index in [2.05, 4.69) is 71.5 Å². The average molecular weight is 330 g/mol. The Labute approximate surface area is 148 Å². The van der Waals surface area contributed by atoms with Crippen LogP contribution >= 0.6 is 0 Å². The maximum Gasteiger partial charge on any atom is 0.229 e. The maximum absolute atomic E-state index is 4.73. The molecule has 0 bridgehead atoms. The second-order valence-electron chi connectivity index (χ2n) is 6.62. The highest BCUT2D eigenvalue weighted by molar-refractivity contribution is 5.60. The fourth-order valence-corrected chi connectivity index (χ4v) is 3.35. The van der Waals surface area contributed by atoms with E-state index in [0.29, 0.717) is 5.95 Å². The molecule has 0 aliphatic carbocycles. The van der Waals surface area contributed by atoms with Crippen molar-refractivity contribution in [3.05, 3.63) is 77.0 Å². The normalized spacial score (nSPS) is 13.4. The van der Waals surface area contributed by atoms with Gasteiger partial charge in [0.05, 0.1) is 0 Å². The summed E-state index contributed by atoms with van der Waals surface area (Å²) < 4.78 is 0. The monoisotopic (exact) mass is 330 g/mol. The van der Waals surface area contributed by atoms with Crippen molar-refractivity contribution in [3.63, 3.8) is 0 Å². The number of nitrogens with zero attached hydrogens (tertiary/aromatic N) is 3. The minimum Gasteiger partial charge on any atom is -0.352 e. The van der Waals surface area contributed by atoms with Gasteiger partial charge in [-0.15, -0.1) is 0 Å². The van der Waals surface area contributed by atoms with Crippen molar-refractivity contribution in [2.45, 2.75) is 26.8 Å². The number of benzene rings is 2. The molecule has 0 radical (unpaired) electrons. The fraction of sp³-hybridized carbons (Fsp3) is 0.238. The smallest absolute Gasteiger partial charge is 0.229 e. The van der Waals surface area contributed by atoms with Crippen LogP contribution in [0.3, 0.4) is 0 Å². The van der Waals surface area contributed by atoms with E-state index in [1.165, 1.54) is 22.3 Å². The standard InChI is InChI=1S/C21H22N4/c1-15-7-8-19(16(2)13-15)23-21-22-11-9-20(24-21)25-12-10-17-5-3-4-6-18(17)14-25/h3-9,11,13H,10,12,14H2,1-2H3,(H,22,23,24). The number of hydrogen-bond donors (Lipinski definition) is 1. The lowest BCUT2D eigenvalue weighted by atomic mass is 10.00. The lowest BCUT2D eigenvalue weighted by molar-refractivity contribution is 0.720. The molecule has 1 aromatic heterocycles. The molecule has 1 aliphatic rings. The Morgan fingerprint density at radius 1 is 1.00 bits per heavy atom. The molecule has 3 aromatic rings. The van der Waals surface area contributed by atoms with Gasteiger partial charge in [0.25, 0.3) is 0 Å². The van der Waals surface area contributed by atoms with Gasteiger partial charge in [0.1, 0.15) is 5.82 Å². The van der Waals surface area contributed by atoms with Crippen LogP contribution in [0.5, 0.6) is 0 Å².